The van der Waals surface area contributed by atoms with Crippen LogP contribution in [0.5, 0.6) is 5.75 Å². The van der Waals surface area contributed by atoms with Crippen molar-refractivity contribution < 1.29 is 14.6 Å². The number of hydrogen-bond acceptors (Lipinski definition) is 6. The molecule has 1 amide bonds. The highest BCUT2D eigenvalue weighted by Gasteiger charge is 2.43. The van der Waals surface area contributed by atoms with Gasteiger partial charge < -0.3 is 20.5 Å². The Hall–Kier alpha value is -3.52. The van der Waals surface area contributed by atoms with E-state index in [9.17, 15) is 9.90 Å². The van der Waals surface area contributed by atoms with Gasteiger partial charge in [-0.1, -0.05) is 42.5 Å². The highest BCUT2D eigenvalue weighted by Crippen LogP contribution is 2.33. The Kier molecular flexibility index (Phi) is 8.71. The van der Waals surface area contributed by atoms with Crippen molar-refractivity contribution in [3.63, 3.8) is 0 Å². The lowest BCUT2D eigenvalue weighted by atomic mass is 9.82. The first-order valence-corrected chi connectivity index (χ1v) is 13.8. The Labute approximate surface area is 231 Å². The van der Waals surface area contributed by atoms with Crippen molar-refractivity contribution in [3.8, 4) is 5.75 Å². The molecule has 2 atom stereocenters. The van der Waals surface area contributed by atoms with Crippen LogP contribution >= 0.6 is 0 Å². The van der Waals surface area contributed by atoms with Crippen molar-refractivity contribution in [1.29, 1.82) is 0 Å². The van der Waals surface area contributed by atoms with E-state index in [4.69, 9.17) is 4.74 Å². The van der Waals surface area contributed by atoms with E-state index in [0.717, 1.165) is 54.9 Å². The van der Waals surface area contributed by atoms with Gasteiger partial charge >= 0.3 is 0 Å². The summed E-state index contributed by atoms with van der Waals surface area (Å²) in [5.74, 6) is 1.31. The van der Waals surface area contributed by atoms with Crippen molar-refractivity contribution in [1.82, 2.24) is 15.5 Å². The van der Waals surface area contributed by atoms with E-state index in [-0.39, 0.29) is 12.5 Å². The van der Waals surface area contributed by atoms with Crippen LogP contribution in [0.3, 0.4) is 0 Å². The van der Waals surface area contributed by atoms with E-state index in [0.29, 0.717) is 19.0 Å². The number of amides is 1. The van der Waals surface area contributed by atoms with Crippen molar-refractivity contribution in [3.05, 3.63) is 102 Å². The molecule has 1 saturated heterocycles. The molecule has 5 rings (SSSR count). The van der Waals surface area contributed by atoms with Gasteiger partial charge in [0.15, 0.2) is 0 Å². The molecule has 0 spiro atoms. The third-order valence-electron chi connectivity index (χ3n) is 7.87. The molecule has 7 nitrogen and oxygen atoms in total. The summed E-state index contributed by atoms with van der Waals surface area (Å²) in [5.41, 5.74) is 3.44. The molecule has 2 aromatic rings. The Bertz CT molecular complexity index is 1240. The number of piperidine rings is 1. The van der Waals surface area contributed by atoms with Crippen molar-refractivity contribution in [2.24, 2.45) is 10.9 Å². The molecule has 0 aromatic heterocycles. The third-order valence-corrected chi connectivity index (χ3v) is 7.87. The van der Waals surface area contributed by atoms with Gasteiger partial charge in [0.05, 0.1) is 18.9 Å². The fraction of sp³-hybridized carbons (Fsp3) is 0.375. The number of ether oxygens (including phenoxy) is 1. The fourth-order valence-electron chi connectivity index (χ4n) is 5.60. The average Bonchev–Trinajstić information content (AvgIpc) is 3.45. The number of benzene rings is 2. The van der Waals surface area contributed by atoms with Crippen molar-refractivity contribution in [2.45, 2.75) is 37.5 Å². The first-order valence-electron chi connectivity index (χ1n) is 13.8. The number of allylic oxidation sites excluding steroid dienone is 3. The Morgan fingerprint density at radius 3 is 2.59 bits per heavy atom. The molecule has 0 saturated carbocycles. The zero-order chi connectivity index (χ0) is 27.1. The lowest BCUT2D eigenvalue weighted by molar-refractivity contribution is -0.129. The second-order valence-electron chi connectivity index (χ2n) is 10.6. The topological polar surface area (TPSA) is 86.2 Å². The molecule has 2 heterocycles. The zero-order valence-electron chi connectivity index (χ0n) is 22.6. The number of fused-ring (bicyclic) bond motifs is 1. The predicted molar refractivity (Wildman–Crippen MR) is 155 cm³/mol. The summed E-state index contributed by atoms with van der Waals surface area (Å²) >= 11 is 0. The number of methoxy groups -OCH3 is 1. The molecular formula is C32H38N4O3. The lowest BCUT2D eigenvalue weighted by Gasteiger charge is -2.44. The smallest absolute Gasteiger partial charge is 0.248 e. The van der Waals surface area contributed by atoms with Gasteiger partial charge in [0.1, 0.15) is 11.3 Å². The number of aliphatic hydroxyl groups is 1. The van der Waals surface area contributed by atoms with Crippen LogP contribution < -0.4 is 15.4 Å². The van der Waals surface area contributed by atoms with Gasteiger partial charge in [-0.15, -0.1) is 0 Å². The molecule has 7 heteroatoms. The molecule has 2 aliphatic heterocycles. The molecule has 2 unspecified atom stereocenters. The van der Waals surface area contributed by atoms with Crippen LogP contribution in [0.4, 0.5) is 0 Å². The summed E-state index contributed by atoms with van der Waals surface area (Å²) in [6, 6.07) is 18.5. The molecule has 2 aromatic carbocycles. The van der Waals surface area contributed by atoms with E-state index < -0.39 is 11.6 Å². The monoisotopic (exact) mass is 526 g/mol. The van der Waals surface area contributed by atoms with Crippen LogP contribution in [-0.2, 0) is 17.8 Å². The number of nitrogens with one attached hydrogen (secondary N) is 2. The molecule has 1 aliphatic carbocycles. The second kappa shape index (κ2) is 12.6. The van der Waals surface area contributed by atoms with Gasteiger partial charge in [-0.2, -0.15) is 0 Å². The van der Waals surface area contributed by atoms with Gasteiger partial charge in [0.25, 0.3) is 0 Å². The maximum atomic E-state index is 13.8. The van der Waals surface area contributed by atoms with Crippen LogP contribution in [0.2, 0.25) is 0 Å². The Morgan fingerprint density at radius 2 is 1.85 bits per heavy atom. The number of aliphatic imine (C=N–C) groups is 1. The summed E-state index contributed by atoms with van der Waals surface area (Å²) in [6.45, 7) is 2.84. The zero-order valence-corrected chi connectivity index (χ0v) is 22.6. The minimum Gasteiger partial charge on any atom is -0.497 e. The average molecular weight is 527 g/mol. The number of aliphatic hydroxyl groups excluding tert-OH is 1. The molecule has 204 valence electrons. The molecular weight excluding hydrogens is 488 g/mol. The first kappa shape index (κ1) is 27.1. The summed E-state index contributed by atoms with van der Waals surface area (Å²) < 4.78 is 5.20. The Morgan fingerprint density at radius 1 is 1.08 bits per heavy atom. The molecule has 3 aliphatic rings. The standard InChI is InChI=1S/C32H38N4O3/c1-39-29-9-7-26(8-10-29)21-33-22-28(37)23-35-31(38)32(15-11-30-27(20-32)12-16-34-30)36-17-13-25(14-18-36)19-24-5-3-2-4-6-24/h2-12,15-16,20,25,28,33,37H,13-14,17-19,21-23H2,1H3,(H,35,38). The summed E-state index contributed by atoms with van der Waals surface area (Å²) in [7, 11) is 1.65. The Balaban J connectivity index is 1.18. The first-order chi connectivity index (χ1) is 19.1. The van der Waals surface area contributed by atoms with E-state index in [2.05, 4.69) is 50.9 Å². The largest absolute Gasteiger partial charge is 0.497 e. The minimum absolute atomic E-state index is 0.110. The maximum absolute atomic E-state index is 13.8. The number of likely N-dealkylation sites (tertiary alicyclic amines) is 1. The predicted octanol–water partition coefficient (Wildman–Crippen LogP) is 3.42. The molecule has 1 fully saturated rings. The van der Waals surface area contributed by atoms with Crippen LogP contribution in [0, 0.1) is 5.92 Å². The quantitative estimate of drug-likeness (QED) is 0.418. The number of carbonyl (C=O) groups excluding carboxylic acids is 1. The number of hydrogen-bond donors (Lipinski definition) is 3. The second-order valence-corrected chi connectivity index (χ2v) is 10.6. The van der Waals surface area contributed by atoms with E-state index in [1.54, 1.807) is 13.3 Å². The molecule has 0 radical (unpaired) electrons. The molecule has 0 bridgehead atoms. The van der Waals surface area contributed by atoms with Crippen LogP contribution in [0.15, 0.2) is 95.7 Å². The SMILES string of the molecule is COc1ccc(CNCC(O)CNC(=O)C2(N3CCC(Cc4ccccc4)CC3)C=CC3=NC=CC3=C2)cc1. The highest BCUT2D eigenvalue weighted by atomic mass is 16.5. The molecule has 39 heavy (non-hydrogen) atoms. The van der Waals surface area contributed by atoms with E-state index in [1.807, 2.05) is 48.6 Å². The number of carbonyl (C=O) groups is 1. The lowest BCUT2D eigenvalue weighted by Crippen LogP contribution is -2.60. The van der Waals surface area contributed by atoms with Crippen LogP contribution in [0.1, 0.15) is 24.0 Å². The van der Waals surface area contributed by atoms with Gasteiger partial charge in [0, 0.05) is 44.5 Å². The summed E-state index contributed by atoms with van der Waals surface area (Å²) in [5, 5.41) is 16.9. The fourth-order valence-corrected chi connectivity index (χ4v) is 5.60. The van der Waals surface area contributed by atoms with Crippen LogP contribution in [0.25, 0.3) is 0 Å². The third kappa shape index (κ3) is 6.56. The van der Waals surface area contributed by atoms with Gasteiger partial charge in [-0.05, 0) is 72.7 Å². The highest BCUT2D eigenvalue weighted by molar-refractivity contribution is 6.15. The van der Waals surface area contributed by atoms with Crippen molar-refractivity contribution >= 4 is 11.6 Å². The maximum Gasteiger partial charge on any atom is 0.248 e. The van der Waals surface area contributed by atoms with Gasteiger partial charge in [0.2, 0.25) is 5.91 Å². The van der Waals surface area contributed by atoms with Gasteiger partial charge in [-0.3, -0.25) is 14.7 Å². The van der Waals surface area contributed by atoms with E-state index in [1.165, 1.54) is 5.56 Å². The van der Waals surface area contributed by atoms with E-state index >= 15 is 0 Å². The number of nitrogens with zero attached hydrogens (tertiary/aromatic N) is 2. The minimum atomic E-state index is -0.892. The van der Waals surface area contributed by atoms with Crippen LogP contribution in [-0.4, -0.2) is 66.6 Å². The number of rotatable bonds is 11. The summed E-state index contributed by atoms with van der Waals surface area (Å²) in [6.07, 6.45) is 12.2. The van der Waals surface area contributed by atoms with Crippen molar-refractivity contribution in [2.75, 3.05) is 33.3 Å². The van der Waals surface area contributed by atoms with Gasteiger partial charge in [-0.25, -0.2) is 0 Å². The molecule has 3 N–H and O–H groups in total. The normalized spacial score (nSPS) is 21.7. The summed E-state index contributed by atoms with van der Waals surface area (Å²) in [4.78, 5) is 20.5.